The van der Waals surface area contributed by atoms with Crippen LogP contribution in [0.3, 0.4) is 0 Å². The Hall–Kier alpha value is 1.29. The van der Waals surface area contributed by atoms with Gasteiger partial charge in [-0.15, -0.1) is 0 Å². The Morgan fingerprint density at radius 3 is 1.00 bits per heavy atom. The average Bonchev–Trinajstić information content (AvgIpc) is 1.78. The molecule has 3 heteroatoms. The van der Waals surface area contributed by atoms with Crippen LogP contribution in [0.25, 0.3) is 0 Å². The number of halogens is 2. The first-order valence-electron chi connectivity index (χ1n) is 1.79. The molecule has 0 atom stereocenters. The van der Waals surface area contributed by atoms with Crippen molar-refractivity contribution in [2.45, 2.75) is 13.8 Å². The first kappa shape index (κ1) is 15.7. The average molecular weight is 177 g/mol. The molecule has 0 aromatic carbocycles. The molecule has 0 aliphatic rings. The Labute approximate surface area is 63.3 Å². The van der Waals surface area contributed by atoms with Crippen molar-refractivity contribution in [3.05, 3.63) is 13.8 Å². The quantitative estimate of drug-likeness (QED) is 0.393. The Morgan fingerprint density at radius 1 is 1.00 bits per heavy atom. The minimum absolute atomic E-state index is 0.556. The van der Waals surface area contributed by atoms with Gasteiger partial charge in [-0.3, -0.25) is 0 Å². The predicted molar refractivity (Wildman–Crippen MR) is 33.8 cm³/mol. The molecular formula is C4H10Cl2Ti-2. The fourth-order valence-corrected chi connectivity index (χ4v) is 0. The Kier molecular flexibility index (Phi) is 123. The molecule has 0 rings (SSSR count). The zero-order valence-corrected chi connectivity index (χ0v) is 7.74. The van der Waals surface area contributed by atoms with Gasteiger partial charge in [-0.1, -0.05) is 0 Å². The fourth-order valence-electron chi connectivity index (χ4n) is 0. The minimum atomic E-state index is -0.556. The van der Waals surface area contributed by atoms with Gasteiger partial charge < -0.3 is 13.8 Å². The van der Waals surface area contributed by atoms with Crippen molar-refractivity contribution in [2.75, 3.05) is 0 Å². The molecule has 0 aliphatic heterocycles. The van der Waals surface area contributed by atoms with E-state index < -0.39 is 17.0 Å². The summed E-state index contributed by atoms with van der Waals surface area (Å²) in [7, 11) is 9.78. The van der Waals surface area contributed by atoms with Gasteiger partial charge in [-0.05, 0) is 0 Å². The van der Waals surface area contributed by atoms with Crippen molar-refractivity contribution >= 4 is 18.6 Å². The van der Waals surface area contributed by atoms with E-state index in [4.69, 9.17) is 18.6 Å². The summed E-state index contributed by atoms with van der Waals surface area (Å²) in [6, 6.07) is 0. The van der Waals surface area contributed by atoms with E-state index in [2.05, 4.69) is 13.8 Å². The Bertz CT molecular complexity index is 9.65. The first-order valence-corrected chi connectivity index (χ1v) is 6.09. The third-order valence-corrected chi connectivity index (χ3v) is 0. The van der Waals surface area contributed by atoms with Gasteiger partial charge in [-0.25, -0.2) is 0 Å². The zero-order valence-electron chi connectivity index (χ0n) is 4.67. The van der Waals surface area contributed by atoms with Gasteiger partial charge in [0.25, 0.3) is 0 Å². The van der Waals surface area contributed by atoms with Gasteiger partial charge in [0.2, 0.25) is 0 Å². The predicted octanol–water partition coefficient (Wildman–Crippen LogP) is 3.06. The van der Waals surface area contributed by atoms with Crippen molar-refractivity contribution in [2.24, 2.45) is 0 Å². The second kappa shape index (κ2) is 54.9. The van der Waals surface area contributed by atoms with Crippen molar-refractivity contribution in [1.82, 2.24) is 0 Å². The standard InChI is InChI=1S/2C2H5.2ClH.Ti/c2*1-2;;;/h2*1H2,2H3;2*1H;/q2*-1;;;+2/p-2. The van der Waals surface area contributed by atoms with E-state index in [0.29, 0.717) is 0 Å². The van der Waals surface area contributed by atoms with E-state index in [9.17, 15) is 0 Å². The number of rotatable bonds is 0. The molecule has 0 saturated carbocycles. The molecule has 0 saturated heterocycles. The summed E-state index contributed by atoms with van der Waals surface area (Å²) in [6.45, 7) is 10.0. The molecule has 0 nitrogen and oxygen atoms in total. The normalized spacial score (nSPS) is 3.71. The van der Waals surface area contributed by atoms with Gasteiger partial charge in [0.1, 0.15) is 0 Å². The molecule has 0 aromatic rings. The van der Waals surface area contributed by atoms with Crippen molar-refractivity contribution in [3.8, 4) is 0 Å². The van der Waals surface area contributed by atoms with Gasteiger partial charge in [-0.2, -0.15) is 13.8 Å². The maximum atomic E-state index is 4.89. The summed E-state index contributed by atoms with van der Waals surface area (Å²) in [5.41, 5.74) is 0. The monoisotopic (exact) mass is 176 g/mol. The van der Waals surface area contributed by atoms with Gasteiger partial charge in [0, 0.05) is 0 Å². The summed E-state index contributed by atoms with van der Waals surface area (Å²) in [6.07, 6.45) is 0. The molecule has 7 heavy (non-hydrogen) atoms. The topological polar surface area (TPSA) is 0 Å². The van der Waals surface area contributed by atoms with Crippen LogP contribution in [0.1, 0.15) is 13.8 Å². The summed E-state index contributed by atoms with van der Waals surface area (Å²) < 4.78 is 0. The van der Waals surface area contributed by atoms with Crippen LogP contribution in [0.15, 0.2) is 0 Å². The summed E-state index contributed by atoms with van der Waals surface area (Å²) in [5, 5.41) is 0. The van der Waals surface area contributed by atoms with Crippen LogP contribution in [0.4, 0.5) is 0 Å². The van der Waals surface area contributed by atoms with E-state index >= 15 is 0 Å². The molecule has 0 fully saturated rings. The van der Waals surface area contributed by atoms with E-state index in [0.717, 1.165) is 0 Å². The van der Waals surface area contributed by atoms with Crippen molar-refractivity contribution in [3.63, 3.8) is 0 Å². The summed E-state index contributed by atoms with van der Waals surface area (Å²) in [4.78, 5) is 0. The molecule has 0 heterocycles. The van der Waals surface area contributed by atoms with Crippen LogP contribution < -0.4 is 0 Å². The second-order valence-electron chi connectivity index (χ2n) is 0.0714. The molecule has 0 bridgehead atoms. The molecule has 0 amide bonds. The second-order valence-corrected chi connectivity index (χ2v) is 2.65. The fraction of sp³-hybridized carbons (Fsp3) is 0.500. The molecule has 0 aliphatic carbocycles. The van der Waals surface area contributed by atoms with Crippen LogP contribution in [-0.4, -0.2) is 0 Å². The number of hydrogen-bond acceptors (Lipinski definition) is 0. The van der Waals surface area contributed by atoms with Gasteiger partial charge in [0.05, 0.1) is 0 Å². The molecule has 0 N–H and O–H groups in total. The van der Waals surface area contributed by atoms with Crippen LogP contribution in [-0.2, 0) is 17.0 Å². The van der Waals surface area contributed by atoms with Crippen LogP contribution in [0, 0.1) is 13.8 Å². The maximum absolute atomic E-state index is 4.89. The van der Waals surface area contributed by atoms with Crippen LogP contribution in [0.5, 0.6) is 0 Å². The van der Waals surface area contributed by atoms with Gasteiger partial charge in [0.15, 0.2) is 0 Å². The van der Waals surface area contributed by atoms with Crippen molar-refractivity contribution in [1.29, 1.82) is 0 Å². The van der Waals surface area contributed by atoms with E-state index in [1.165, 1.54) is 0 Å². The van der Waals surface area contributed by atoms with E-state index in [1.54, 1.807) is 13.8 Å². The number of hydrogen-bond donors (Lipinski definition) is 0. The molecule has 0 aromatic heterocycles. The summed E-state index contributed by atoms with van der Waals surface area (Å²) >= 11 is -0.556. The SMILES string of the molecule is [CH2-]C.[CH2-]C.[Cl][Ti][Cl]. The third-order valence-electron chi connectivity index (χ3n) is 0. The van der Waals surface area contributed by atoms with Gasteiger partial charge >= 0.3 is 35.6 Å². The Morgan fingerprint density at radius 2 is 1.00 bits per heavy atom. The zero-order chi connectivity index (χ0) is 6.71. The van der Waals surface area contributed by atoms with Crippen LogP contribution in [0.2, 0.25) is 0 Å². The van der Waals surface area contributed by atoms with Crippen LogP contribution >= 0.6 is 18.6 Å². The molecule has 0 unspecified atom stereocenters. The summed E-state index contributed by atoms with van der Waals surface area (Å²) in [5.74, 6) is 0. The van der Waals surface area contributed by atoms with Crippen molar-refractivity contribution < 1.29 is 17.0 Å². The van der Waals surface area contributed by atoms with E-state index in [1.807, 2.05) is 0 Å². The third kappa shape index (κ3) is 122. The molecule has 0 spiro atoms. The first-order chi connectivity index (χ1) is 3.41. The molecule has 0 radical (unpaired) electrons. The van der Waals surface area contributed by atoms with E-state index in [-0.39, 0.29) is 0 Å². The molecular weight excluding hydrogens is 167 g/mol. The molecule has 46 valence electrons. The Balaban J connectivity index is -0.0000000360.